The second-order valence-corrected chi connectivity index (χ2v) is 9.32. The summed E-state index contributed by atoms with van der Waals surface area (Å²) in [5.74, 6) is -0.0144. The van der Waals surface area contributed by atoms with Gasteiger partial charge in [-0.1, -0.05) is 30.3 Å². The third-order valence-corrected chi connectivity index (χ3v) is 5.95. The minimum absolute atomic E-state index is 0.142. The number of esters is 1. The lowest BCUT2D eigenvalue weighted by Crippen LogP contribution is -2.38. The van der Waals surface area contributed by atoms with Gasteiger partial charge in [0.1, 0.15) is 22.1 Å². The molecule has 0 aliphatic carbocycles. The molecule has 3 rings (SSSR count). The highest BCUT2D eigenvalue weighted by Crippen LogP contribution is 2.28. The van der Waals surface area contributed by atoms with Gasteiger partial charge in [-0.3, -0.25) is 9.69 Å². The standard InChI is InChI=1S/C23H29N3O5S/c1-15-18-20(27)24-17(25-21(18)32-19(15)22(28)31-11-10-30-4)13-26(14-23(2,3)29)12-16-8-6-5-7-9-16/h5-9,29H,10-14H2,1-4H3,(H,24,25,27). The monoisotopic (exact) mass is 459 g/mol. The average Bonchev–Trinajstić information content (AvgIpc) is 3.04. The quantitative estimate of drug-likeness (QED) is 0.355. The van der Waals surface area contributed by atoms with Crippen LogP contribution in [0.1, 0.15) is 40.5 Å². The van der Waals surface area contributed by atoms with E-state index in [1.54, 1.807) is 20.8 Å². The topological polar surface area (TPSA) is 105 Å². The molecule has 0 aliphatic rings. The van der Waals surface area contributed by atoms with Gasteiger partial charge in [0, 0.05) is 20.2 Å². The van der Waals surface area contributed by atoms with Crippen molar-refractivity contribution in [2.45, 2.75) is 39.5 Å². The number of carbonyl (C=O) groups excluding carboxylic acids is 1. The number of ether oxygens (including phenoxy) is 2. The number of aryl methyl sites for hydroxylation is 1. The van der Waals surface area contributed by atoms with Crippen molar-refractivity contribution in [1.82, 2.24) is 14.9 Å². The van der Waals surface area contributed by atoms with Crippen LogP contribution in [-0.4, -0.2) is 58.4 Å². The number of hydrogen-bond donors (Lipinski definition) is 2. The number of benzene rings is 1. The van der Waals surface area contributed by atoms with Gasteiger partial charge in [0.15, 0.2) is 0 Å². The van der Waals surface area contributed by atoms with E-state index in [0.29, 0.717) is 52.7 Å². The number of methoxy groups -OCH3 is 1. The molecule has 0 bridgehead atoms. The number of fused-ring (bicyclic) bond motifs is 1. The first-order valence-electron chi connectivity index (χ1n) is 10.3. The van der Waals surface area contributed by atoms with Crippen LogP contribution in [-0.2, 0) is 22.6 Å². The van der Waals surface area contributed by atoms with E-state index in [4.69, 9.17) is 9.47 Å². The highest BCUT2D eigenvalue weighted by molar-refractivity contribution is 7.20. The van der Waals surface area contributed by atoms with Crippen LogP contribution >= 0.6 is 11.3 Å². The van der Waals surface area contributed by atoms with Crippen LogP contribution in [0, 0.1) is 6.92 Å². The van der Waals surface area contributed by atoms with Crippen LogP contribution in [0.2, 0.25) is 0 Å². The summed E-state index contributed by atoms with van der Waals surface area (Å²) in [5, 5.41) is 10.8. The molecular weight excluding hydrogens is 430 g/mol. The summed E-state index contributed by atoms with van der Waals surface area (Å²) in [4.78, 5) is 35.6. The summed E-state index contributed by atoms with van der Waals surface area (Å²) in [6.45, 7) is 6.98. The molecule has 1 aromatic carbocycles. The van der Waals surface area contributed by atoms with Crippen molar-refractivity contribution in [2.24, 2.45) is 0 Å². The van der Waals surface area contributed by atoms with Gasteiger partial charge in [-0.25, -0.2) is 9.78 Å². The number of thiophene rings is 1. The minimum Gasteiger partial charge on any atom is -0.459 e. The molecule has 9 heteroatoms. The summed E-state index contributed by atoms with van der Waals surface area (Å²) < 4.78 is 10.1. The number of nitrogens with one attached hydrogen (secondary N) is 1. The van der Waals surface area contributed by atoms with Gasteiger partial charge < -0.3 is 19.6 Å². The zero-order chi connectivity index (χ0) is 23.3. The number of nitrogens with zero attached hydrogens (tertiary/aromatic N) is 2. The van der Waals surface area contributed by atoms with Crippen LogP contribution in [0.15, 0.2) is 35.1 Å². The normalized spacial score (nSPS) is 11.9. The van der Waals surface area contributed by atoms with Gasteiger partial charge in [0.25, 0.3) is 5.56 Å². The molecule has 0 atom stereocenters. The van der Waals surface area contributed by atoms with Crippen LogP contribution in [0.4, 0.5) is 0 Å². The summed E-state index contributed by atoms with van der Waals surface area (Å²) in [7, 11) is 1.53. The first kappa shape index (κ1) is 24.1. The molecule has 0 aliphatic heterocycles. The van der Waals surface area contributed by atoms with Crippen molar-refractivity contribution in [2.75, 3.05) is 26.9 Å². The molecule has 0 amide bonds. The third-order valence-electron chi connectivity index (χ3n) is 4.79. The van der Waals surface area contributed by atoms with Crippen molar-refractivity contribution in [1.29, 1.82) is 0 Å². The van der Waals surface area contributed by atoms with Crippen molar-refractivity contribution >= 4 is 27.5 Å². The fraction of sp³-hybridized carbons (Fsp3) is 0.435. The lowest BCUT2D eigenvalue weighted by molar-refractivity contribution is 0.0298. The Kier molecular flexibility index (Phi) is 7.78. The smallest absolute Gasteiger partial charge is 0.348 e. The average molecular weight is 460 g/mol. The van der Waals surface area contributed by atoms with E-state index in [2.05, 4.69) is 9.97 Å². The van der Waals surface area contributed by atoms with Crippen molar-refractivity contribution in [3.05, 3.63) is 62.5 Å². The summed E-state index contributed by atoms with van der Waals surface area (Å²) in [6.07, 6.45) is 0. The molecule has 0 spiro atoms. The molecular formula is C23H29N3O5S. The highest BCUT2D eigenvalue weighted by atomic mass is 32.1. The lowest BCUT2D eigenvalue weighted by atomic mass is 10.1. The number of aliphatic hydroxyl groups is 1. The van der Waals surface area contributed by atoms with E-state index < -0.39 is 11.6 Å². The van der Waals surface area contributed by atoms with E-state index in [1.807, 2.05) is 35.2 Å². The molecule has 0 saturated carbocycles. The van der Waals surface area contributed by atoms with Crippen molar-refractivity contribution < 1.29 is 19.4 Å². The first-order valence-corrected chi connectivity index (χ1v) is 11.2. The van der Waals surface area contributed by atoms with Crippen molar-refractivity contribution in [3.8, 4) is 0 Å². The Bertz CT molecular complexity index is 1120. The Hall–Kier alpha value is -2.59. The zero-order valence-corrected chi connectivity index (χ0v) is 19.6. The molecule has 2 N–H and O–H groups in total. The molecule has 2 aromatic heterocycles. The largest absolute Gasteiger partial charge is 0.459 e. The SMILES string of the molecule is COCCOC(=O)c1sc2nc(CN(Cc3ccccc3)CC(C)(C)O)[nH]c(=O)c2c1C. The molecule has 3 aromatic rings. The van der Waals surface area contributed by atoms with Gasteiger partial charge in [-0.2, -0.15) is 0 Å². The Balaban J connectivity index is 1.88. The van der Waals surface area contributed by atoms with E-state index in [9.17, 15) is 14.7 Å². The maximum Gasteiger partial charge on any atom is 0.348 e. The lowest BCUT2D eigenvalue weighted by Gasteiger charge is -2.28. The number of aromatic nitrogens is 2. The highest BCUT2D eigenvalue weighted by Gasteiger charge is 2.23. The van der Waals surface area contributed by atoms with Crippen molar-refractivity contribution in [3.63, 3.8) is 0 Å². The van der Waals surface area contributed by atoms with Crippen LogP contribution in [0.3, 0.4) is 0 Å². The van der Waals surface area contributed by atoms with E-state index in [-0.39, 0.29) is 12.2 Å². The van der Waals surface area contributed by atoms with Gasteiger partial charge in [0.2, 0.25) is 0 Å². The Morgan fingerprint density at radius 3 is 2.59 bits per heavy atom. The molecule has 2 heterocycles. The van der Waals surface area contributed by atoms with Gasteiger partial charge in [0.05, 0.1) is 24.1 Å². The zero-order valence-electron chi connectivity index (χ0n) is 18.8. The van der Waals surface area contributed by atoms with Gasteiger partial charge >= 0.3 is 5.97 Å². The van der Waals surface area contributed by atoms with Crippen LogP contribution < -0.4 is 5.56 Å². The molecule has 0 saturated heterocycles. The van der Waals surface area contributed by atoms with E-state index >= 15 is 0 Å². The maximum atomic E-state index is 12.8. The molecule has 0 unspecified atom stereocenters. The Morgan fingerprint density at radius 2 is 1.94 bits per heavy atom. The summed E-state index contributed by atoms with van der Waals surface area (Å²) >= 11 is 1.15. The minimum atomic E-state index is -0.919. The number of hydrogen-bond acceptors (Lipinski definition) is 8. The summed E-state index contributed by atoms with van der Waals surface area (Å²) in [6, 6.07) is 9.91. The molecule has 32 heavy (non-hydrogen) atoms. The number of rotatable bonds is 10. The number of aromatic amines is 1. The predicted octanol–water partition coefficient (Wildman–Crippen LogP) is 2.87. The van der Waals surface area contributed by atoms with E-state index in [0.717, 1.165) is 16.9 Å². The fourth-order valence-corrected chi connectivity index (χ4v) is 4.60. The second-order valence-electron chi connectivity index (χ2n) is 8.32. The first-order chi connectivity index (χ1) is 15.2. The number of carbonyl (C=O) groups is 1. The molecule has 172 valence electrons. The second kappa shape index (κ2) is 10.4. The van der Waals surface area contributed by atoms with Gasteiger partial charge in [-0.15, -0.1) is 11.3 Å². The molecule has 8 nitrogen and oxygen atoms in total. The number of H-pyrrole nitrogens is 1. The maximum absolute atomic E-state index is 12.8. The molecule has 0 fully saturated rings. The predicted molar refractivity (Wildman–Crippen MR) is 124 cm³/mol. The van der Waals surface area contributed by atoms with Crippen LogP contribution in [0.25, 0.3) is 10.2 Å². The fourth-order valence-electron chi connectivity index (χ4n) is 3.51. The Morgan fingerprint density at radius 1 is 1.22 bits per heavy atom. The Labute approximate surface area is 190 Å². The van der Waals surface area contributed by atoms with Gasteiger partial charge in [-0.05, 0) is 31.9 Å². The third kappa shape index (κ3) is 6.23. The van der Waals surface area contributed by atoms with E-state index in [1.165, 1.54) is 7.11 Å². The molecule has 0 radical (unpaired) electrons. The van der Waals surface area contributed by atoms with Crippen LogP contribution in [0.5, 0.6) is 0 Å². The summed E-state index contributed by atoms with van der Waals surface area (Å²) in [5.41, 5.74) is 0.439.